The van der Waals surface area contributed by atoms with E-state index >= 15 is 0 Å². The molecule has 2 aromatic carbocycles. The number of nitrogens with zero attached hydrogens (tertiary/aromatic N) is 2. The molecule has 0 bridgehead atoms. The maximum absolute atomic E-state index is 12.7. The standard InChI is InChI=1S/C23H19F3N2O2S2/c1-14-20(27-22-28(21(14)30)11-2-12-31-22)32-13-15-3-5-16(6-4-15)19(29)17-7-9-18(10-8-17)23(24,25)26/h3-10H,2,11-13H2,1H3. The number of ketones is 1. The van der Waals surface area contributed by atoms with Gasteiger partial charge in [-0.1, -0.05) is 48.2 Å². The van der Waals surface area contributed by atoms with Crippen LogP contribution in [0.25, 0.3) is 0 Å². The third-order valence-electron chi connectivity index (χ3n) is 5.14. The molecule has 1 aliphatic heterocycles. The predicted molar refractivity (Wildman–Crippen MR) is 119 cm³/mol. The molecule has 4 nitrogen and oxygen atoms in total. The number of rotatable bonds is 5. The first kappa shape index (κ1) is 22.7. The van der Waals surface area contributed by atoms with Crippen molar-refractivity contribution in [2.45, 2.75) is 42.0 Å². The maximum atomic E-state index is 12.7. The van der Waals surface area contributed by atoms with Gasteiger partial charge in [0.2, 0.25) is 0 Å². The summed E-state index contributed by atoms with van der Waals surface area (Å²) < 4.78 is 39.8. The molecule has 3 aromatic rings. The van der Waals surface area contributed by atoms with E-state index in [1.807, 2.05) is 0 Å². The van der Waals surface area contributed by atoms with E-state index in [0.717, 1.165) is 35.0 Å². The second-order valence-corrected chi connectivity index (χ2v) is 9.40. The number of halogens is 3. The van der Waals surface area contributed by atoms with Crippen LogP contribution in [0.2, 0.25) is 0 Å². The van der Waals surface area contributed by atoms with Crippen LogP contribution in [0.1, 0.15) is 39.0 Å². The van der Waals surface area contributed by atoms with Crippen LogP contribution < -0.4 is 5.56 Å². The monoisotopic (exact) mass is 476 g/mol. The van der Waals surface area contributed by atoms with Gasteiger partial charge in [0, 0.05) is 34.7 Å². The minimum Gasteiger partial charge on any atom is -0.289 e. The Kier molecular flexibility index (Phi) is 6.48. The lowest BCUT2D eigenvalue weighted by atomic mass is 10.0. The fourth-order valence-electron chi connectivity index (χ4n) is 3.33. The van der Waals surface area contributed by atoms with Crippen molar-refractivity contribution in [3.05, 3.63) is 86.7 Å². The Morgan fingerprint density at radius 2 is 1.72 bits per heavy atom. The van der Waals surface area contributed by atoms with Gasteiger partial charge >= 0.3 is 6.18 Å². The number of hydrogen-bond acceptors (Lipinski definition) is 5. The van der Waals surface area contributed by atoms with E-state index in [1.54, 1.807) is 47.5 Å². The molecular weight excluding hydrogens is 457 g/mol. The Morgan fingerprint density at radius 1 is 1.09 bits per heavy atom. The van der Waals surface area contributed by atoms with Crippen LogP contribution in [0, 0.1) is 6.92 Å². The largest absolute Gasteiger partial charge is 0.416 e. The van der Waals surface area contributed by atoms with Crippen molar-refractivity contribution in [1.82, 2.24) is 9.55 Å². The first-order chi connectivity index (χ1) is 15.2. The van der Waals surface area contributed by atoms with Crippen LogP contribution in [-0.4, -0.2) is 21.1 Å². The van der Waals surface area contributed by atoms with Crippen LogP contribution in [0.3, 0.4) is 0 Å². The molecule has 0 N–H and O–H groups in total. The lowest BCUT2D eigenvalue weighted by Crippen LogP contribution is -2.28. The van der Waals surface area contributed by atoms with E-state index in [2.05, 4.69) is 4.98 Å². The van der Waals surface area contributed by atoms with E-state index in [0.29, 0.717) is 28.5 Å². The third kappa shape index (κ3) is 4.78. The van der Waals surface area contributed by atoms with Gasteiger partial charge < -0.3 is 0 Å². The SMILES string of the molecule is Cc1c(SCc2ccc(C(=O)c3ccc(C(F)(F)F)cc3)cc2)nc2n(c1=O)CCCS2. The summed E-state index contributed by atoms with van der Waals surface area (Å²) >= 11 is 3.06. The first-order valence-electron chi connectivity index (χ1n) is 9.92. The second kappa shape index (κ2) is 9.15. The molecule has 0 fully saturated rings. The van der Waals surface area contributed by atoms with E-state index < -0.39 is 11.7 Å². The van der Waals surface area contributed by atoms with Crippen LogP contribution in [0.5, 0.6) is 0 Å². The normalized spacial score (nSPS) is 13.6. The number of thioether (sulfide) groups is 2. The van der Waals surface area contributed by atoms with Gasteiger partial charge in [-0.2, -0.15) is 13.2 Å². The highest BCUT2D eigenvalue weighted by molar-refractivity contribution is 7.99. The highest BCUT2D eigenvalue weighted by Gasteiger charge is 2.30. The number of fused-ring (bicyclic) bond motifs is 1. The van der Waals surface area contributed by atoms with E-state index in [9.17, 15) is 22.8 Å². The molecule has 1 aromatic heterocycles. The molecule has 166 valence electrons. The quantitative estimate of drug-likeness (QED) is 0.208. The summed E-state index contributed by atoms with van der Waals surface area (Å²) in [6.45, 7) is 2.49. The van der Waals surface area contributed by atoms with Gasteiger partial charge in [0.25, 0.3) is 5.56 Å². The number of benzene rings is 2. The van der Waals surface area contributed by atoms with Crippen molar-refractivity contribution >= 4 is 29.3 Å². The molecule has 0 atom stereocenters. The molecule has 0 spiro atoms. The molecule has 9 heteroatoms. The van der Waals surface area contributed by atoms with Gasteiger partial charge in [-0.3, -0.25) is 14.2 Å². The molecule has 0 unspecified atom stereocenters. The fourth-order valence-corrected chi connectivity index (χ4v) is 5.28. The third-order valence-corrected chi connectivity index (χ3v) is 7.35. The van der Waals surface area contributed by atoms with E-state index in [1.165, 1.54) is 23.9 Å². The number of carbonyl (C=O) groups is 1. The summed E-state index contributed by atoms with van der Waals surface area (Å²) in [5, 5.41) is 1.47. The van der Waals surface area contributed by atoms with Crippen molar-refractivity contribution < 1.29 is 18.0 Å². The molecule has 0 radical (unpaired) electrons. The number of carbonyl (C=O) groups excluding carboxylic acids is 1. The smallest absolute Gasteiger partial charge is 0.289 e. The van der Waals surface area contributed by atoms with Gasteiger partial charge in [0.1, 0.15) is 5.03 Å². The van der Waals surface area contributed by atoms with Crippen LogP contribution in [0.4, 0.5) is 13.2 Å². The van der Waals surface area contributed by atoms with E-state index in [-0.39, 0.29) is 16.9 Å². The van der Waals surface area contributed by atoms with Gasteiger partial charge in [-0.05, 0) is 31.0 Å². The average molecular weight is 477 g/mol. The van der Waals surface area contributed by atoms with Crippen LogP contribution >= 0.6 is 23.5 Å². The average Bonchev–Trinajstić information content (AvgIpc) is 2.80. The van der Waals surface area contributed by atoms with Crippen molar-refractivity contribution in [3.63, 3.8) is 0 Å². The highest BCUT2D eigenvalue weighted by Crippen LogP contribution is 2.30. The van der Waals surface area contributed by atoms with Crippen molar-refractivity contribution in [3.8, 4) is 0 Å². The first-order valence-corrected chi connectivity index (χ1v) is 11.9. The number of alkyl halides is 3. The second-order valence-electron chi connectivity index (χ2n) is 7.37. The zero-order valence-corrected chi connectivity index (χ0v) is 18.7. The minimum absolute atomic E-state index is 0.00202. The van der Waals surface area contributed by atoms with Gasteiger partial charge in [-0.25, -0.2) is 4.98 Å². The molecule has 32 heavy (non-hydrogen) atoms. The fraction of sp³-hybridized carbons (Fsp3) is 0.261. The molecule has 0 saturated carbocycles. The van der Waals surface area contributed by atoms with Crippen molar-refractivity contribution in [2.24, 2.45) is 0 Å². The number of aromatic nitrogens is 2. The Hall–Kier alpha value is -2.52. The molecular formula is C23H19F3N2O2S2. The zero-order chi connectivity index (χ0) is 22.9. The highest BCUT2D eigenvalue weighted by atomic mass is 32.2. The summed E-state index contributed by atoms with van der Waals surface area (Å²) in [5.74, 6) is 1.19. The van der Waals surface area contributed by atoms with Gasteiger partial charge in [0.05, 0.1) is 5.56 Å². The van der Waals surface area contributed by atoms with Crippen molar-refractivity contribution in [2.75, 3.05) is 5.75 Å². The summed E-state index contributed by atoms with van der Waals surface area (Å²) in [7, 11) is 0. The Balaban J connectivity index is 1.45. The topological polar surface area (TPSA) is 52.0 Å². The lowest BCUT2D eigenvalue weighted by Gasteiger charge is -2.18. The predicted octanol–water partition coefficient (Wildman–Crippen LogP) is 5.59. The van der Waals surface area contributed by atoms with Gasteiger partial charge in [-0.15, -0.1) is 11.8 Å². The summed E-state index contributed by atoms with van der Waals surface area (Å²) in [6.07, 6.45) is -3.47. The molecule has 4 rings (SSSR count). The van der Waals surface area contributed by atoms with Crippen molar-refractivity contribution in [1.29, 1.82) is 0 Å². The summed E-state index contributed by atoms with van der Waals surface area (Å²) in [4.78, 5) is 29.8. The summed E-state index contributed by atoms with van der Waals surface area (Å²) in [5.41, 5.74) is 1.40. The Bertz CT molecular complexity index is 1200. The zero-order valence-electron chi connectivity index (χ0n) is 17.1. The lowest BCUT2D eigenvalue weighted by molar-refractivity contribution is -0.137. The maximum Gasteiger partial charge on any atom is 0.416 e. The molecule has 2 heterocycles. The molecule has 0 saturated heterocycles. The molecule has 1 aliphatic rings. The summed E-state index contributed by atoms with van der Waals surface area (Å²) in [6, 6.07) is 11.1. The minimum atomic E-state index is -4.43. The number of hydrogen-bond donors (Lipinski definition) is 0. The Labute approximate surface area is 191 Å². The van der Waals surface area contributed by atoms with Gasteiger partial charge in [0.15, 0.2) is 10.9 Å². The Morgan fingerprint density at radius 3 is 2.34 bits per heavy atom. The van der Waals surface area contributed by atoms with Crippen LogP contribution in [0.15, 0.2) is 63.5 Å². The van der Waals surface area contributed by atoms with E-state index in [4.69, 9.17) is 0 Å². The van der Waals surface area contributed by atoms with Crippen LogP contribution in [-0.2, 0) is 18.5 Å². The molecule has 0 aliphatic carbocycles. The molecule has 0 amide bonds.